The third-order valence-electron chi connectivity index (χ3n) is 8.92. The Hall–Kier alpha value is -2.72. The first kappa shape index (κ1) is 27.3. The number of allylic oxidation sites excluding steroid dienone is 2. The van der Waals surface area contributed by atoms with E-state index in [0.29, 0.717) is 23.7 Å². The summed E-state index contributed by atoms with van der Waals surface area (Å²) >= 11 is 0. The number of phenolic OH excluding ortho intramolecular Hbond substituents is 1. The fraction of sp³-hybridized carbons (Fsp3) is 0.515. The van der Waals surface area contributed by atoms with Crippen molar-refractivity contribution in [3.8, 4) is 23.0 Å². The topological polar surface area (TPSA) is 58.9 Å². The SMILES string of the molecule is C=CCc1ccc(Oc2cc(CC=C)cc(O)c2O[C@]2(C)CCC[C@]3(C)CC[C@@H](C(C)(C)O)C[C@H]32)cc1. The van der Waals surface area contributed by atoms with Gasteiger partial charge in [0, 0.05) is 5.92 Å². The fourth-order valence-electron chi connectivity index (χ4n) is 6.76. The average molecular weight is 505 g/mol. The largest absolute Gasteiger partial charge is 0.504 e. The maximum atomic E-state index is 11.2. The Bertz CT molecular complexity index is 1110. The zero-order valence-corrected chi connectivity index (χ0v) is 23.1. The van der Waals surface area contributed by atoms with Gasteiger partial charge in [-0.1, -0.05) is 31.2 Å². The molecule has 0 unspecified atom stereocenters. The Balaban J connectivity index is 1.69. The van der Waals surface area contributed by atoms with E-state index in [-0.39, 0.29) is 23.0 Å². The number of aliphatic hydroxyl groups is 1. The van der Waals surface area contributed by atoms with Crippen LogP contribution in [0.25, 0.3) is 0 Å². The van der Waals surface area contributed by atoms with Gasteiger partial charge < -0.3 is 19.7 Å². The molecule has 0 amide bonds. The number of phenols is 1. The lowest BCUT2D eigenvalue weighted by Crippen LogP contribution is -2.56. The fourth-order valence-corrected chi connectivity index (χ4v) is 6.76. The highest BCUT2D eigenvalue weighted by Crippen LogP contribution is 2.58. The number of rotatable bonds is 9. The van der Waals surface area contributed by atoms with Crippen LogP contribution in [0, 0.1) is 17.3 Å². The van der Waals surface area contributed by atoms with Crippen LogP contribution < -0.4 is 9.47 Å². The number of hydrogen-bond acceptors (Lipinski definition) is 4. The van der Waals surface area contributed by atoms with Crippen LogP contribution in [0.1, 0.15) is 77.3 Å². The predicted molar refractivity (Wildman–Crippen MR) is 151 cm³/mol. The Morgan fingerprint density at radius 3 is 2.32 bits per heavy atom. The molecule has 0 bridgehead atoms. The molecule has 200 valence electrons. The molecule has 0 heterocycles. The minimum atomic E-state index is -0.722. The maximum absolute atomic E-state index is 11.2. The lowest BCUT2D eigenvalue weighted by molar-refractivity contribution is -0.132. The lowest BCUT2D eigenvalue weighted by atomic mass is 9.52. The molecule has 4 nitrogen and oxygen atoms in total. The molecule has 2 aromatic carbocycles. The highest BCUT2D eigenvalue weighted by Gasteiger charge is 2.54. The third kappa shape index (κ3) is 5.90. The molecule has 4 atom stereocenters. The van der Waals surface area contributed by atoms with E-state index in [1.807, 2.05) is 56.3 Å². The standard InChI is InChI=1S/C33H44O4/c1-7-10-23-12-14-26(15-13-23)36-28-21-24(11-8-2)20-27(34)30(28)37-33(6)18-9-17-32(5)19-16-25(22-29(32)33)31(3,4)35/h7-8,12-15,20-21,25,29,34-35H,1-2,9-11,16-19,22H2,3-6H3/t25-,29-,32-,33-/m1/s1. The summed E-state index contributed by atoms with van der Waals surface area (Å²) in [6.45, 7) is 16.1. The van der Waals surface area contributed by atoms with Crippen molar-refractivity contribution in [2.75, 3.05) is 0 Å². The molecule has 0 saturated heterocycles. The summed E-state index contributed by atoms with van der Waals surface area (Å²) in [5.41, 5.74) is 1.02. The van der Waals surface area contributed by atoms with Crippen molar-refractivity contribution < 1.29 is 19.7 Å². The van der Waals surface area contributed by atoms with Crippen molar-refractivity contribution in [1.29, 1.82) is 0 Å². The van der Waals surface area contributed by atoms with E-state index in [4.69, 9.17) is 9.47 Å². The summed E-state index contributed by atoms with van der Waals surface area (Å²) in [7, 11) is 0. The van der Waals surface area contributed by atoms with Crippen LogP contribution in [0.3, 0.4) is 0 Å². The van der Waals surface area contributed by atoms with Gasteiger partial charge in [-0.25, -0.2) is 0 Å². The third-order valence-corrected chi connectivity index (χ3v) is 8.92. The molecule has 2 aliphatic rings. The molecule has 2 N–H and O–H groups in total. The monoisotopic (exact) mass is 504 g/mol. The van der Waals surface area contributed by atoms with Crippen LogP contribution in [0.4, 0.5) is 0 Å². The van der Waals surface area contributed by atoms with E-state index in [2.05, 4.69) is 27.0 Å². The van der Waals surface area contributed by atoms with E-state index in [1.54, 1.807) is 6.07 Å². The number of benzene rings is 2. The second kappa shape index (κ2) is 10.6. The van der Waals surface area contributed by atoms with Crippen molar-refractivity contribution in [1.82, 2.24) is 0 Å². The summed E-state index contributed by atoms with van der Waals surface area (Å²) in [6.07, 6.45) is 11.3. The highest BCUT2D eigenvalue weighted by molar-refractivity contribution is 5.55. The number of ether oxygens (including phenoxy) is 2. The molecule has 2 aliphatic carbocycles. The van der Waals surface area contributed by atoms with Crippen LogP contribution in [0.15, 0.2) is 61.7 Å². The Labute approximate surface area is 223 Å². The van der Waals surface area contributed by atoms with Crippen LogP contribution in [0.2, 0.25) is 0 Å². The summed E-state index contributed by atoms with van der Waals surface area (Å²) in [5.74, 6) is 2.15. The molecule has 2 saturated carbocycles. The molecule has 0 aromatic heterocycles. The summed E-state index contributed by atoms with van der Waals surface area (Å²) in [6, 6.07) is 11.6. The number of fused-ring (bicyclic) bond motifs is 1. The summed E-state index contributed by atoms with van der Waals surface area (Å²) < 4.78 is 13.2. The quantitative estimate of drug-likeness (QED) is 0.338. The predicted octanol–water partition coefficient (Wildman–Crippen LogP) is 8.16. The molecule has 0 aliphatic heterocycles. The van der Waals surface area contributed by atoms with E-state index in [1.165, 1.54) is 6.42 Å². The zero-order chi connectivity index (χ0) is 26.8. The molecule has 2 aromatic rings. The van der Waals surface area contributed by atoms with E-state index in [9.17, 15) is 10.2 Å². The van der Waals surface area contributed by atoms with Crippen molar-refractivity contribution in [3.05, 3.63) is 72.8 Å². The van der Waals surface area contributed by atoms with Crippen molar-refractivity contribution in [3.63, 3.8) is 0 Å². The highest BCUT2D eigenvalue weighted by atomic mass is 16.5. The van der Waals surface area contributed by atoms with Crippen molar-refractivity contribution >= 4 is 0 Å². The molecule has 2 fully saturated rings. The number of hydrogen-bond donors (Lipinski definition) is 2. The van der Waals surface area contributed by atoms with Crippen LogP contribution in [0.5, 0.6) is 23.0 Å². The van der Waals surface area contributed by atoms with Crippen LogP contribution in [-0.4, -0.2) is 21.4 Å². The van der Waals surface area contributed by atoms with Gasteiger partial charge in [0.25, 0.3) is 0 Å². The van der Waals surface area contributed by atoms with E-state index in [0.717, 1.165) is 49.7 Å². The van der Waals surface area contributed by atoms with Crippen LogP contribution in [-0.2, 0) is 12.8 Å². The first-order chi connectivity index (χ1) is 17.5. The van der Waals surface area contributed by atoms with Gasteiger partial charge in [0.1, 0.15) is 11.4 Å². The van der Waals surface area contributed by atoms with E-state index < -0.39 is 11.2 Å². The maximum Gasteiger partial charge on any atom is 0.204 e. The van der Waals surface area contributed by atoms with Crippen LogP contribution >= 0.6 is 0 Å². The molecule has 0 radical (unpaired) electrons. The minimum absolute atomic E-state index is 0.0842. The molecule has 4 rings (SSSR count). The van der Waals surface area contributed by atoms with Gasteiger partial charge in [-0.05, 0) is 119 Å². The average Bonchev–Trinajstić information content (AvgIpc) is 2.82. The van der Waals surface area contributed by atoms with Gasteiger partial charge in [-0.2, -0.15) is 0 Å². The van der Waals surface area contributed by atoms with Gasteiger partial charge in [-0.15, -0.1) is 13.2 Å². The van der Waals surface area contributed by atoms with Crippen molar-refractivity contribution in [2.45, 2.75) is 90.3 Å². The second-order valence-electron chi connectivity index (χ2n) is 12.3. The van der Waals surface area contributed by atoms with Crippen molar-refractivity contribution in [2.24, 2.45) is 17.3 Å². The summed E-state index contributed by atoms with van der Waals surface area (Å²) in [4.78, 5) is 0. The molecular formula is C33H44O4. The van der Waals surface area contributed by atoms with Gasteiger partial charge in [0.05, 0.1) is 5.60 Å². The second-order valence-corrected chi connectivity index (χ2v) is 12.3. The molecule has 37 heavy (non-hydrogen) atoms. The van der Waals surface area contributed by atoms with Gasteiger partial charge in [-0.3, -0.25) is 0 Å². The van der Waals surface area contributed by atoms with Gasteiger partial charge in [0.15, 0.2) is 11.5 Å². The smallest absolute Gasteiger partial charge is 0.204 e. The minimum Gasteiger partial charge on any atom is -0.504 e. The molecule has 4 heteroatoms. The first-order valence-corrected chi connectivity index (χ1v) is 13.7. The van der Waals surface area contributed by atoms with E-state index >= 15 is 0 Å². The van der Waals surface area contributed by atoms with Gasteiger partial charge >= 0.3 is 0 Å². The molecular weight excluding hydrogens is 460 g/mol. The Morgan fingerprint density at radius 2 is 1.68 bits per heavy atom. The summed E-state index contributed by atoms with van der Waals surface area (Å²) in [5, 5.41) is 22.0. The lowest BCUT2D eigenvalue weighted by Gasteiger charge is -2.57. The van der Waals surface area contributed by atoms with Gasteiger partial charge in [0.2, 0.25) is 5.75 Å². The normalized spacial score (nSPS) is 27.7. The zero-order valence-electron chi connectivity index (χ0n) is 23.1. The molecule has 0 spiro atoms. The number of aromatic hydroxyl groups is 1. The Kier molecular flexibility index (Phi) is 7.80. The first-order valence-electron chi connectivity index (χ1n) is 13.7. The Morgan fingerprint density at radius 1 is 1.00 bits per heavy atom.